The van der Waals surface area contributed by atoms with Crippen molar-refractivity contribution in [2.75, 3.05) is 32.6 Å². The zero-order valence-electron chi connectivity index (χ0n) is 12.9. The van der Waals surface area contributed by atoms with E-state index in [-0.39, 0.29) is 6.03 Å². The number of hydrogen-bond acceptors (Lipinski definition) is 3. The van der Waals surface area contributed by atoms with Crippen LogP contribution in [0.25, 0.3) is 0 Å². The van der Waals surface area contributed by atoms with Gasteiger partial charge in [-0.15, -0.1) is 0 Å². The smallest absolute Gasteiger partial charge is 0.322 e. The second-order valence-corrected chi connectivity index (χ2v) is 5.40. The number of benzene rings is 1. The van der Waals surface area contributed by atoms with Gasteiger partial charge in [-0.3, -0.25) is 0 Å². The summed E-state index contributed by atoms with van der Waals surface area (Å²) in [6.07, 6.45) is 4.38. The van der Waals surface area contributed by atoms with Gasteiger partial charge < -0.3 is 20.3 Å². The molecule has 1 atom stereocenters. The average Bonchev–Trinajstić information content (AvgIpc) is 2.53. The fourth-order valence-electron chi connectivity index (χ4n) is 2.78. The van der Waals surface area contributed by atoms with Crippen LogP contribution in [-0.4, -0.2) is 44.2 Å². The molecule has 1 unspecified atom stereocenters. The molecule has 2 amide bonds. The molecule has 1 aromatic rings. The molecule has 1 heterocycles. The summed E-state index contributed by atoms with van der Waals surface area (Å²) in [6, 6.07) is 7.79. The van der Waals surface area contributed by atoms with Crippen molar-refractivity contribution in [1.82, 2.24) is 10.2 Å². The maximum Gasteiger partial charge on any atom is 0.322 e. The number of piperidine rings is 1. The number of nitrogens with zero attached hydrogens (tertiary/aromatic N) is 1. The quantitative estimate of drug-likeness (QED) is 0.877. The second kappa shape index (κ2) is 7.88. The standard InChI is InChI=1S/C16H25N3O2/c1-17-10-9-14-7-3-4-11-19(14)16(20)18-13-6-5-8-15(12-13)21-2/h5-6,8,12,14,17H,3-4,7,9-11H2,1-2H3,(H,18,20). The van der Waals surface area contributed by atoms with Gasteiger partial charge in [-0.25, -0.2) is 4.79 Å². The monoisotopic (exact) mass is 291 g/mol. The van der Waals surface area contributed by atoms with Crippen LogP contribution in [0.1, 0.15) is 25.7 Å². The molecule has 2 rings (SSSR count). The fourth-order valence-corrected chi connectivity index (χ4v) is 2.78. The molecule has 0 radical (unpaired) electrons. The summed E-state index contributed by atoms with van der Waals surface area (Å²) in [4.78, 5) is 14.5. The Hall–Kier alpha value is -1.75. The zero-order chi connectivity index (χ0) is 15.1. The molecular weight excluding hydrogens is 266 g/mol. The number of carbonyl (C=O) groups excluding carboxylic acids is 1. The van der Waals surface area contributed by atoms with Gasteiger partial charge in [0, 0.05) is 24.3 Å². The lowest BCUT2D eigenvalue weighted by Crippen LogP contribution is -2.46. The second-order valence-electron chi connectivity index (χ2n) is 5.40. The van der Waals surface area contributed by atoms with Crippen molar-refractivity contribution in [1.29, 1.82) is 0 Å². The van der Waals surface area contributed by atoms with E-state index in [0.29, 0.717) is 6.04 Å². The number of nitrogens with one attached hydrogen (secondary N) is 2. The first-order valence-electron chi connectivity index (χ1n) is 7.61. The summed E-state index contributed by atoms with van der Waals surface area (Å²) in [5.74, 6) is 0.748. The van der Waals surface area contributed by atoms with E-state index in [1.165, 1.54) is 6.42 Å². The number of urea groups is 1. The molecule has 0 aromatic heterocycles. The number of amides is 2. The number of carbonyl (C=O) groups is 1. The summed E-state index contributed by atoms with van der Waals surface area (Å²) in [5, 5.41) is 6.14. The molecule has 21 heavy (non-hydrogen) atoms. The van der Waals surface area contributed by atoms with Gasteiger partial charge in [0.05, 0.1) is 7.11 Å². The van der Waals surface area contributed by atoms with Crippen LogP contribution >= 0.6 is 0 Å². The third kappa shape index (κ3) is 4.36. The Kier molecular flexibility index (Phi) is 5.87. The molecule has 1 fully saturated rings. The van der Waals surface area contributed by atoms with Crippen LogP contribution in [0.2, 0.25) is 0 Å². The van der Waals surface area contributed by atoms with Crippen LogP contribution in [0.3, 0.4) is 0 Å². The van der Waals surface area contributed by atoms with E-state index in [2.05, 4.69) is 10.6 Å². The van der Waals surface area contributed by atoms with Gasteiger partial charge in [0.2, 0.25) is 0 Å². The first-order chi connectivity index (χ1) is 10.2. The topological polar surface area (TPSA) is 53.6 Å². The van der Waals surface area contributed by atoms with E-state index in [1.807, 2.05) is 36.2 Å². The lowest BCUT2D eigenvalue weighted by molar-refractivity contribution is 0.158. The van der Waals surface area contributed by atoms with E-state index in [1.54, 1.807) is 7.11 Å². The van der Waals surface area contributed by atoms with Crippen molar-refractivity contribution in [2.45, 2.75) is 31.7 Å². The highest BCUT2D eigenvalue weighted by Gasteiger charge is 2.26. The van der Waals surface area contributed by atoms with Crippen molar-refractivity contribution in [3.05, 3.63) is 24.3 Å². The van der Waals surface area contributed by atoms with Gasteiger partial charge >= 0.3 is 6.03 Å². The molecule has 0 bridgehead atoms. The summed E-state index contributed by atoms with van der Waals surface area (Å²) in [6.45, 7) is 1.78. The number of methoxy groups -OCH3 is 1. The minimum Gasteiger partial charge on any atom is -0.497 e. The molecule has 0 spiro atoms. The predicted octanol–water partition coefficient (Wildman–Crippen LogP) is 2.69. The molecule has 0 aliphatic carbocycles. The maximum absolute atomic E-state index is 12.5. The molecule has 116 valence electrons. The van der Waals surface area contributed by atoms with Crippen LogP contribution in [0.5, 0.6) is 5.75 Å². The highest BCUT2D eigenvalue weighted by Crippen LogP contribution is 2.22. The molecule has 1 saturated heterocycles. The summed E-state index contributed by atoms with van der Waals surface area (Å²) >= 11 is 0. The van der Waals surface area contributed by atoms with Crippen molar-refractivity contribution < 1.29 is 9.53 Å². The van der Waals surface area contributed by atoms with E-state index >= 15 is 0 Å². The van der Waals surface area contributed by atoms with Crippen LogP contribution in [0.4, 0.5) is 10.5 Å². The fraction of sp³-hybridized carbons (Fsp3) is 0.562. The van der Waals surface area contributed by atoms with Gasteiger partial charge in [0.1, 0.15) is 5.75 Å². The Morgan fingerprint density at radius 3 is 3.05 bits per heavy atom. The Balaban J connectivity index is 1.99. The first kappa shape index (κ1) is 15.6. The average molecular weight is 291 g/mol. The first-order valence-corrected chi connectivity index (χ1v) is 7.61. The van der Waals surface area contributed by atoms with Gasteiger partial charge in [-0.1, -0.05) is 6.07 Å². The van der Waals surface area contributed by atoms with Crippen molar-refractivity contribution in [2.24, 2.45) is 0 Å². The lowest BCUT2D eigenvalue weighted by Gasteiger charge is -2.35. The van der Waals surface area contributed by atoms with E-state index < -0.39 is 0 Å². The highest BCUT2D eigenvalue weighted by molar-refractivity contribution is 5.89. The van der Waals surface area contributed by atoms with Crippen molar-refractivity contribution in [3.63, 3.8) is 0 Å². The Labute approximate surface area is 126 Å². The highest BCUT2D eigenvalue weighted by atomic mass is 16.5. The number of likely N-dealkylation sites (tertiary alicyclic amines) is 1. The van der Waals surface area contributed by atoms with Gasteiger partial charge in [-0.2, -0.15) is 0 Å². The summed E-state index contributed by atoms with van der Waals surface area (Å²) in [5.41, 5.74) is 0.775. The van der Waals surface area contributed by atoms with Crippen molar-refractivity contribution in [3.8, 4) is 5.75 Å². The third-order valence-electron chi connectivity index (χ3n) is 3.94. The van der Waals surface area contributed by atoms with Gasteiger partial charge in [0.15, 0.2) is 0 Å². The van der Waals surface area contributed by atoms with Gasteiger partial charge in [-0.05, 0) is 51.4 Å². The molecular formula is C16H25N3O2. The van der Waals surface area contributed by atoms with E-state index in [9.17, 15) is 4.79 Å². The molecule has 2 N–H and O–H groups in total. The van der Waals surface area contributed by atoms with Crippen molar-refractivity contribution >= 4 is 11.7 Å². The SMILES string of the molecule is CNCCC1CCCCN1C(=O)Nc1cccc(OC)c1. The normalized spacial score (nSPS) is 18.4. The minimum absolute atomic E-state index is 0.0101. The molecule has 1 aliphatic heterocycles. The Bertz CT molecular complexity index is 465. The number of ether oxygens (including phenoxy) is 1. The Morgan fingerprint density at radius 1 is 1.43 bits per heavy atom. The molecule has 5 heteroatoms. The van der Waals surface area contributed by atoms with Gasteiger partial charge in [0.25, 0.3) is 0 Å². The molecule has 0 saturated carbocycles. The summed E-state index contributed by atoms with van der Waals surface area (Å²) < 4.78 is 5.18. The molecule has 1 aromatic carbocycles. The van der Waals surface area contributed by atoms with E-state index in [4.69, 9.17) is 4.74 Å². The van der Waals surface area contributed by atoms with Crippen LogP contribution in [0.15, 0.2) is 24.3 Å². The number of anilines is 1. The number of rotatable bonds is 5. The summed E-state index contributed by atoms with van der Waals surface area (Å²) in [7, 11) is 3.57. The van der Waals surface area contributed by atoms with Crippen LogP contribution in [0, 0.1) is 0 Å². The number of hydrogen-bond donors (Lipinski definition) is 2. The maximum atomic E-state index is 12.5. The van der Waals surface area contributed by atoms with Crippen LogP contribution in [-0.2, 0) is 0 Å². The van der Waals surface area contributed by atoms with E-state index in [0.717, 1.165) is 43.8 Å². The lowest BCUT2D eigenvalue weighted by atomic mass is 10.00. The Morgan fingerprint density at radius 2 is 2.29 bits per heavy atom. The predicted molar refractivity (Wildman–Crippen MR) is 84.9 cm³/mol. The molecule has 5 nitrogen and oxygen atoms in total. The van der Waals surface area contributed by atoms with Crippen LogP contribution < -0.4 is 15.4 Å². The molecule has 1 aliphatic rings. The minimum atomic E-state index is -0.0101. The largest absolute Gasteiger partial charge is 0.497 e. The third-order valence-corrected chi connectivity index (χ3v) is 3.94. The zero-order valence-corrected chi connectivity index (χ0v) is 12.9.